The summed E-state index contributed by atoms with van der Waals surface area (Å²) in [6.45, 7) is 2.50. The van der Waals surface area contributed by atoms with E-state index >= 15 is 0 Å². The molecule has 0 saturated heterocycles. The average Bonchev–Trinajstić information content (AvgIpc) is 3.08. The Kier molecular flexibility index (Phi) is 4.80. The van der Waals surface area contributed by atoms with Crippen LogP contribution in [0.1, 0.15) is 20.8 Å². The topological polar surface area (TPSA) is 64.1 Å². The largest absolute Gasteiger partial charge is 0.438 e. The molecule has 0 spiro atoms. The van der Waals surface area contributed by atoms with Crippen molar-refractivity contribution < 1.29 is 9.53 Å². The van der Waals surface area contributed by atoms with Crippen LogP contribution in [0.4, 0.5) is 0 Å². The standard InChI is InChI=1S/C21H17N3O2S/c1-14-10-18-20(23-13-24-21(18)27-14)26-17-9-5-8-16(11-17)19(25)22-12-15-6-3-2-4-7-15/h2-11,13H,12H2,1H3,(H,22,25). The first kappa shape index (κ1) is 17.2. The van der Waals surface area contributed by atoms with E-state index in [0.717, 1.165) is 20.7 Å². The van der Waals surface area contributed by atoms with Gasteiger partial charge in [-0.05, 0) is 36.8 Å². The molecule has 27 heavy (non-hydrogen) atoms. The molecular formula is C21H17N3O2S. The lowest BCUT2D eigenvalue weighted by atomic mass is 10.2. The molecule has 4 aromatic rings. The van der Waals surface area contributed by atoms with Gasteiger partial charge in [0.15, 0.2) is 0 Å². The highest BCUT2D eigenvalue weighted by molar-refractivity contribution is 7.18. The van der Waals surface area contributed by atoms with Crippen LogP contribution in [0, 0.1) is 6.92 Å². The first-order valence-electron chi connectivity index (χ1n) is 8.50. The number of rotatable bonds is 5. The number of thiophene rings is 1. The van der Waals surface area contributed by atoms with Crippen LogP contribution in [0.2, 0.25) is 0 Å². The molecule has 0 saturated carbocycles. The number of carbonyl (C=O) groups excluding carboxylic acids is 1. The maximum atomic E-state index is 12.4. The quantitative estimate of drug-likeness (QED) is 0.548. The molecule has 0 radical (unpaired) electrons. The van der Waals surface area contributed by atoms with Crippen molar-refractivity contribution in [1.29, 1.82) is 0 Å². The molecule has 5 nitrogen and oxygen atoms in total. The summed E-state index contributed by atoms with van der Waals surface area (Å²) in [7, 11) is 0. The zero-order valence-electron chi connectivity index (χ0n) is 14.7. The second kappa shape index (κ2) is 7.55. The van der Waals surface area contributed by atoms with Crippen molar-refractivity contribution in [1.82, 2.24) is 15.3 Å². The Labute approximate surface area is 160 Å². The molecule has 2 aromatic carbocycles. The smallest absolute Gasteiger partial charge is 0.251 e. The summed E-state index contributed by atoms with van der Waals surface area (Å²) in [4.78, 5) is 23.0. The number of nitrogens with one attached hydrogen (secondary N) is 1. The zero-order chi connectivity index (χ0) is 18.6. The van der Waals surface area contributed by atoms with Gasteiger partial charge in [0.05, 0.1) is 5.39 Å². The molecule has 0 bridgehead atoms. The second-order valence-electron chi connectivity index (χ2n) is 6.05. The van der Waals surface area contributed by atoms with Gasteiger partial charge in [0.1, 0.15) is 16.9 Å². The van der Waals surface area contributed by atoms with Crippen LogP contribution in [0.25, 0.3) is 10.2 Å². The van der Waals surface area contributed by atoms with E-state index in [9.17, 15) is 4.79 Å². The number of nitrogens with zero attached hydrogens (tertiary/aromatic N) is 2. The third-order valence-corrected chi connectivity index (χ3v) is 4.98. The van der Waals surface area contributed by atoms with E-state index in [2.05, 4.69) is 15.3 Å². The highest BCUT2D eigenvalue weighted by atomic mass is 32.1. The fourth-order valence-corrected chi connectivity index (χ4v) is 3.57. The van der Waals surface area contributed by atoms with Gasteiger partial charge in [-0.1, -0.05) is 36.4 Å². The number of amides is 1. The number of carbonyl (C=O) groups is 1. The molecule has 4 rings (SSSR count). The predicted molar refractivity (Wildman–Crippen MR) is 106 cm³/mol. The molecule has 2 aromatic heterocycles. The lowest BCUT2D eigenvalue weighted by molar-refractivity contribution is 0.0950. The van der Waals surface area contributed by atoms with Crippen molar-refractivity contribution in [2.75, 3.05) is 0 Å². The number of ether oxygens (including phenoxy) is 1. The third-order valence-electron chi connectivity index (χ3n) is 4.02. The fraction of sp³-hybridized carbons (Fsp3) is 0.0952. The number of hydrogen-bond donors (Lipinski definition) is 1. The Morgan fingerprint density at radius 1 is 1.07 bits per heavy atom. The van der Waals surface area contributed by atoms with Gasteiger partial charge in [0, 0.05) is 17.0 Å². The molecule has 6 heteroatoms. The molecule has 0 aliphatic rings. The summed E-state index contributed by atoms with van der Waals surface area (Å²) in [5.74, 6) is 0.904. The number of fused-ring (bicyclic) bond motifs is 1. The first-order chi connectivity index (χ1) is 13.2. The van der Waals surface area contributed by atoms with E-state index in [1.165, 1.54) is 6.33 Å². The Hall–Kier alpha value is -3.25. The maximum absolute atomic E-state index is 12.4. The second-order valence-corrected chi connectivity index (χ2v) is 7.29. The van der Waals surface area contributed by atoms with E-state index in [0.29, 0.717) is 23.7 Å². The van der Waals surface area contributed by atoms with E-state index in [-0.39, 0.29) is 5.91 Å². The lowest BCUT2D eigenvalue weighted by Gasteiger charge is -2.08. The first-order valence-corrected chi connectivity index (χ1v) is 9.32. The molecule has 2 heterocycles. The molecule has 0 atom stereocenters. The highest BCUT2D eigenvalue weighted by Gasteiger charge is 2.11. The molecule has 0 unspecified atom stereocenters. The van der Waals surface area contributed by atoms with Crippen LogP contribution in [0.3, 0.4) is 0 Å². The van der Waals surface area contributed by atoms with Crippen LogP contribution < -0.4 is 10.1 Å². The van der Waals surface area contributed by atoms with E-state index in [4.69, 9.17) is 4.74 Å². The summed E-state index contributed by atoms with van der Waals surface area (Å²) >= 11 is 1.59. The van der Waals surface area contributed by atoms with Crippen LogP contribution >= 0.6 is 11.3 Å². The Morgan fingerprint density at radius 3 is 2.78 bits per heavy atom. The summed E-state index contributed by atoms with van der Waals surface area (Å²) in [5, 5.41) is 3.79. The van der Waals surface area contributed by atoms with Gasteiger partial charge >= 0.3 is 0 Å². The van der Waals surface area contributed by atoms with Crippen LogP contribution in [0.5, 0.6) is 11.6 Å². The number of aromatic nitrogens is 2. The van der Waals surface area contributed by atoms with Crippen LogP contribution in [0.15, 0.2) is 67.0 Å². The molecule has 1 N–H and O–H groups in total. The van der Waals surface area contributed by atoms with E-state index in [1.54, 1.807) is 35.6 Å². The summed E-state index contributed by atoms with van der Waals surface area (Å²) in [6, 6.07) is 18.9. The monoisotopic (exact) mass is 375 g/mol. The van der Waals surface area contributed by atoms with Gasteiger partial charge in [0.2, 0.25) is 5.88 Å². The molecule has 134 valence electrons. The van der Waals surface area contributed by atoms with Crippen LogP contribution in [-0.2, 0) is 6.54 Å². The average molecular weight is 375 g/mol. The SMILES string of the molecule is Cc1cc2c(Oc3cccc(C(=O)NCc4ccccc4)c3)ncnc2s1. The minimum Gasteiger partial charge on any atom is -0.438 e. The Balaban J connectivity index is 1.51. The van der Waals surface area contributed by atoms with Crippen molar-refractivity contribution >= 4 is 27.5 Å². The van der Waals surface area contributed by atoms with Crippen molar-refractivity contribution in [3.8, 4) is 11.6 Å². The van der Waals surface area contributed by atoms with Gasteiger partial charge in [-0.3, -0.25) is 4.79 Å². The summed E-state index contributed by atoms with van der Waals surface area (Å²) < 4.78 is 5.93. The lowest BCUT2D eigenvalue weighted by Crippen LogP contribution is -2.22. The van der Waals surface area contributed by atoms with Gasteiger partial charge in [0.25, 0.3) is 5.91 Å². The molecule has 0 aliphatic heterocycles. The molecule has 1 amide bonds. The van der Waals surface area contributed by atoms with Crippen molar-refractivity contribution in [2.45, 2.75) is 13.5 Å². The Morgan fingerprint density at radius 2 is 1.93 bits per heavy atom. The van der Waals surface area contributed by atoms with Crippen molar-refractivity contribution in [2.24, 2.45) is 0 Å². The van der Waals surface area contributed by atoms with Gasteiger partial charge in [-0.15, -0.1) is 11.3 Å². The van der Waals surface area contributed by atoms with E-state index in [1.807, 2.05) is 43.3 Å². The minimum absolute atomic E-state index is 0.150. The summed E-state index contributed by atoms with van der Waals surface area (Å²) in [5.41, 5.74) is 1.59. The van der Waals surface area contributed by atoms with Gasteiger partial charge in [-0.25, -0.2) is 9.97 Å². The Bertz CT molecular complexity index is 1090. The summed E-state index contributed by atoms with van der Waals surface area (Å²) in [6.07, 6.45) is 1.49. The maximum Gasteiger partial charge on any atom is 0.251 e. The molecule has 0 aliphatic carbocycles. The zero-order valence-corrected chi connectivity index (χ0v) is 15.5. The fourth-order valence-electron chi connectivity index (χ4n) is 2.73. The van der Waals surface area contributed by atoms with Crippen molar-refractivity contribution in [3.05, 3.63) is 83.0 Å². The minimum atomic E-state index is -0.150. The predicted octanol–water partition coefficient (Wildman–Crippen LogP) is 4.72. The van der Waals surface area contributed by atoms with E-state index < -0.39 is 0 Å². The van der Waals surface area contributed by atoms with Crippen LogP contribution in [-0.4, -0.2) is 15.9 Å². The van der Waals surface area contributed by atoms with Gasteiger partial charge in [-0.2, -0.15) is 0 Å². The number of aryl methyl sites for hydroxylation is 1. The number of hydrogen-bond acceptors (Lipinski definition) is 5. The third kappa shape index (κ3) is 3.96. The number of benzene rings is 2. The molecular weight excluding hydrogens is 358 g/mol. The highest BCUT2D eigenvalue weighted by Crippen LogP contribution is 2.31. The van der Waals surface area contributed by atoms with Crippen molar-refractivity contribution in [3.63, 3.8) is 0 Å². The molecule has 0 fully saturated rings. The normalized spacial score (nSPS) is 10.7. The van der Waals surface area contributed by atoms with Gasteiger partial charge < -0.3 is 10.1 Å².